The summed E-state index contributed by atoms with van der Waals surface area (Å²) in [7, 11) is 0. The minimum Gasteiger partial charge on any atom is -0.392 e. The van der Waals surface area contributed by atoms with Crippen molar-refractivity contribution in [2.24, 2.45) is 11.3 Å². The molecule has 23 heavy (non-hydrogen) atoms. The Bertz CT molecular complexity index is 446. The van der Waals surface area contributed by atoms with Gasteiger partial charge in [-0.05, 0) is 55.9 Å². The lowest BCUT2D eigenvalue weighted by Crippen LogP contribution is -2.29. The highest BCUT2D eigenvalue weighted by Gasteiger charge is 2.33. The van der Waals surface area contributed by atoms with Gasteiger partial charge in [-0.2, -0.15) is 0 Å². The van der Waals surface area contributed by atoms with Crippen molar-refractivity contribution in [3.63, 3.8) is 0 Å². The van der Waals surface area contributed by atoms with E-state index in [1.165, 1.54) is 24.0 Å². The summed E-state index contributed by atoms with van der Waals surface area (Å²) in [5.74, 6) is 0.555. The van der Waals surface area contributed by atoms with E-state index in [2.05, 4.69) is 27.4 Å². The van der Waals surface area contributed by atoms with E-state index in [1.807, 2.05) is 6.08 Å². The third-order valence-electron chi connectivity index (χ3n) is 5.11. The van der Waals surface area contributed by atoms with E-state index in [1.54, 1.807) is 6.08 Å². The van der Waals surface area contributed by atoms with Crippen molar-refractivity contribution in [2.75, 3.05) is 13.2 Å². The monoisotopic (exact) mass is 322 g/mol. The molecule has 3 N–H and O–H groups in total. The predicted molar refractivity (Wildman–Crippen MR) is 96.1 cm³/mol. The average Bonchev–Trinajstić information content (AvgIpc) is 2.45. The lowest BCUT2D eigenvalue weighted by Gasteiger charge is -2.40. The van der Waals surface area contributed by atoms with Gasteiger partial charge in [0.15, 0.2) is 0 Å². The van der Waals surface area contributed by atoms with Crippen molar-refractivity contribution in [1.82, 2.24) is 0 Å². The largest absolute Gasteiger partial charge is 0.392 e. The molecule has 1 aliphatic carbocycles. The molecular formula is C20H34O3. The fourth-order valence-corrected chi connectivity index (χ4v) is 3.72. The number of hydrogen-bond acceptors (Lipinski definition) is 3. The molecule has 0 amide bonds. The quantitative estimate of drug-likeness (QED) is 0.596. The van der Waals surface area contributed by atoms with E-state index < -0.39 is 6.10 Å². The Hall–Kier alpha value is -0.900. The summed E-state index contributed by atoms with van der Waals surface area (Å²) in [5.41, 5.74) is 3.55. The Kier molecular flexibility index (Phi) is 8.24. The summed E-state index contributed by atoms with van der Waals surface area (Å²) in [6.45, 7) is 10.8. The van der Waals surface area contributed by atoms with Crippen LogP contribution in [-0.2, 0) is 0 Å². The first-order chi connectivity index (χ1) is 10.8. The third-order valence-corrected chi connectivity index (χ3v) is 5.11. The first-order valence-corrected chi connectivity index (χ1v) is 8.72. The zero-order valence-electron chi connectivity index (χ0n) is 15.0. The van der Waals surface area contributed by atoms with Crippen molar-refractivity contribution in [3.05, 3.63) is 35.5 Å². The van der Waals surface area contributed by atoms with Gasteiger partial charge in [-0.1, -0.05) is 43.7 Å². The maximum atomic E-state index is 10.1. The fraction of sp³-hybridized carbons (Fsp3) is 0.700. The molecule has 2 unspecified atom stereocenters. The van der Waals surface area contributed by atoms with Crippen LogP contribution in [0.15, 0.2) is 35.5 Å². The van der Waals surface area contributed by atoms with Crippen LogP contribution in [0.1, 0.15) is 59.3 Å². The Morgan fingerprint density at radius 3 is 2.65 bits per heavy atom. The van der Waals surface area contributed by atoms with Gasteiger partial charge in [0, 0.05) is 6.42 Å². The van der Waals surface area contributed by atoms with Crippen LogP contribution in [0.4, 0.5) is 0 Å². The molecule has 2 atom stereocenters. The molecule has 3 nitrogen and oxygen atoms in total. The molecule has 0 radical (unpaired) electrons. The summed E-state index contributed by atoms with van der Waals surface area (Å²) in [4.78, 5) is 0. The maximum Gasteiger partial charge on any atom is 0.0761 e. The van der Waals surface area contributed by atoms with Crippen molar-refractivity contribution < 1.29 is 15.3 Å². The highest BCUT2D eigenvalue weighted by molar-refractivity contribution is 5.13. The van der Waals surface area contributed by atoms with Crippen LogP contribution >= 0.6 is 0 Å². The highest BCUT2D eigenvalue weighted by Crippen LogP contribution is 2.45. The van der Waals surface area contributed by atoms with Crippen LogP contribution in [-0.4, -0.2) is 34.6 Å². The molecule has 1 rings (SSSR count). The first kappa shape index (κ1) is 20.1. The molecule has 0 bridgehead atoms. The van der Waals surface area contributed by atoms with E-state index in [4.69, 9.17) is 5.11 Å². The maximum absolute atomic E-state index is 10.1. The molecular weight excluding hydrogens is 288 g/mol. The average molecular weight is 322 g/mol. The minimum atomic E-state index is -0.609. The summed E-state index contributed by atoms with van der Waals surface area (Å²) in [6, 6.07) is 0. The van der Waals surface area contributed by atoms with E-state index >= 15 is 0 Å². The number of aliphatic hydroxyl groups excluding tert-OH is 3. The molecule has 0 aromatic carbocycles. The topological polar surface area (TPSA) is 60.7 Å². The molecule has 0 spiro atoms. The Morgan fingerprint density at radius 2 is 2.09 bits per heavy atom. The Morgan fingerprint density at radius 1 is 1.39 bits per heavy atom. The van der Waals surface area contributed by atoms with E-state index in [9.17, 15) is 10.2 Å². The molecule has 132 valence electrons. The molecule has 0 aromatic heterocycles. The van der Waals surface area contributed by atoms with Crippen LogP contribution in [0.25, 0.3) is 0 Å². The SMILES string of the molecule is C=C1CCCC(C)(C)C1CCC(C)=CC(O)CC(=CCO)CO. The van der Waals surface area contributed by atoms with Crippen molar-refractivity contribution >= 4 is 0 Å². The van der Waals surface area contributed by atoms with Crippen LogP contribution in [0.5, 0.6) is 0 Å². The molecule has 1 saturated carbocycles. The Labute approximate surface area is 141 Å². The molecule has 0 aromatic rings. The van der Waals surface area contributed by atoms with Gasteiger partial charge in [0.2, 0.25) is 0 Å². The van der Waals surface area contributed by atoms with Gasteiger partial charge in [0.05, 0.1) is 19.3 Å². The van der Waals surface area contributed by atoms with Crippen molar-refractivity contribution in [3.8, 4) is 0 Å². The zero-order valence-corrected chi connectivity index (χ0v) is 15.0. The lowest BCUT2D eigenvalue weighted by molar-refractivity contribution is 0.180. The lowest BCUT2D eigenvalue weighted by atomic mass is 9.65. The van der Waals surface area contributed by atoms with Gasteiger partial charge in [-0.3, -0.25) is 0 Å². The third kappa shape index (κ3) is 6.62. The molecule has 0 aliphatic heterocycles. The second-order valence-corrected chi connectivity index (χ2v) is 7.58. The summed E-state index contributed by atoms with van der Waals surface area (Å²) >= 11 is 0. The van der Waals surface area contributed by atoms with Gasteiger partial charge in [0.25, 0.3) is 0 Å². The van der Waals surface area contributed by atoms with E-state index in [-0.39, 0.29) is 13.2 Å². The van der Waals surface area contributed by atoms with E-state index in [0.29, 0.717) is 23.3 Å². The number of hydrogen-bond donors (Lipinski definition) is 3. The van der Waals surface area contributed by atoms with E-state index in [0.717, 1.165) is 19.3 Å². The second-order valence-electron chi connectivity index (χ2n) is 7.58. The number of rotatable bonds is 8. The molecule has 3 heteroatoms. The standard InChI is InChI=1S/C20H34O3/c1-15(12-18(23)13-17(14-22)9-11-21)7-8-19-16(2)6-5-10-20(19,3)4/h9,12,18-19,21-23H,2,5-8,10-11,13-14H2,1,3-4H3. The summed E-state index contributed by atoms with van der Waals surface area (Å²) in [5, 5.41) is 28.2. The van der Waals surface area contributed by atoms with Crippen molar-refractivity contribution in [2.45, 2.75) is 65.4 Å². The van der Waals surface area contributed by atoms with Crippen LogP contribution in [0, 0.1) is 11.3 Å². The van der Waals surface area contributed by atoms with Gasteiger partial charge < -0.3 is 15.3 Å². The van der Waals surface area contributed by atoms with Gasteiger partial charge in [-0.25, -0.2) is 0 Å². The summed E-state index contributed by atoms with van der Waals surface area (Å²) in [6.07, 6.45) is 8.89. The zero-order chi connectivity index (χ0) is 17.5. The minimum absolute atomic E-state index is 0.107. The van der Waals surface area contributed by atoms with Gasteiger partial charge >= 0.3 is 0 Å². The normalized spacial score (nSPS) is 23.9. The smallest absolute Gasteiger partial charge is 0.0761 e. The Balaban J connectivity index is 2.56. The number of aliphatic hydroxyl groups is 3. The molecule has 1 fully saturated rings. The van der Waals surface area contributed by atoms with Crippen LogP contribution in [0.3, 0.4) is 0 Å². The number of allylic oxidation sites excluding steroid dienone is 2. The second kappa shape index (κ2) is 9.41. The molecule has 0 heterocycles. The fourth-order valence-electron chi connectivity index (χ4n) is 3.72. The predicted octanol–water partition coefficient (Wildman–Crippen LogP) is 3.76. The first-order valence-electron chi connectivity index (χ1n) is 8.72. The summed E-state index contributed by atoms with van der Waals surface area (Å²) < 4.78 is 0. The van der Waals surface area contributed by atoms with Crippen LogP contribution in [0.2, 0.25) is 0 Å². The van der Waals surface area contributed by atoms with Crippen molar-refractivity contribution in [1.29, 1.82) is 0 Å². The van der Waals surface area contributed by atoms with Gasteiger partial charge in [-0.15, -0.1) is 0 Å². The molecule has 1 aliphatic rings. The van der Waals surface area contributed by atoms with Crippen LogP contribution < -0.4 is 0 Å². The van der Waals surface area contributed by atoms with Gasteiger partial charge in [0.1, 0.15) is 0 Å². The highest BCUT2D eigenvalue weighted by atomic mass is 16.3. The molecule has 0 saturated heterocycles.